The van der Waals surface area contributed by atoms with Gasteiger partial charge in [0.2, 0.25) is 0 Å². The molecule has 0 radical (unpaired) electrons. The second-order valence-electron chi connectivity index (χ2n) is 17.0. The number of ether oxygens (including phenoxy) is 3. The van der Waals surface area contributed by atoms with Gasteiger partial charge in [-0.3, -0.25) is 14.4 Å². The van der Waals surface area contributed by atoms with Crippen LogP contribution in [0.3, 0.4) is 0 Å². The highest BCUT2D eigenvalue weighted by Crippen LogP contribution is 2.12. The van der Waals surface area contributed by atoms with Crippen molar-refractivity contribution in [3.63, 3.8) is 0 Å². The summed E-state index contributed by atoms with van der Waals surface area (Å²) < 4.78 is 16.7. The van der Waals surface area contributed by atoms with E-state index < -0.39 is 6.10 Å². The summed E-state index contributed by atoms with van der Waals surface area (Å²) in [4.78, 5) is 38.0. The highest BCUT2D eigenvalue weighted by Gasteiger charge is 2.19. The molecule has 0 saturated carbocycles. The molecule has 0 amide bonds. The van der Waals surface area contributed by atoms with Crippen molar-refractivity contribution in [2.45, 2.75) is 219 Å². The van der Waals surface area contributed by atoms with Crippen LogP contribution in [0, 0.1) is 0 Å². The van der Waals surface area contributed by atoms with Gasteiger partial charge in [-0.15, -0.1) is 0 Å². The number of carbonyl (C=O) groups excluding carboxylic acids is 3. The molecular weight excluding hydrogens is 829 g/mol. The molecule has 0 aliphatic rings. The van der Waals surface area contributed by atoms with E-state index in [0.717, 1.165) is 109 Å². The predicted molar refractivity (Wildman–Crippen MR) is 288 cm³/mol. The largest absolute Gasteiger partial charge is 0.462 e. The number of hydrogen-bond acceptors (Lipinski definition) is 6. The molecule has 0 spiro atoms. The predicted octanol–water partition coefficient (Wildman–Crippen LogP) is 17.9. The maximum absolute atomic E-state index is 12.8. The van der Waals surface area contributed by atoms with Gasteiger partial charge in [-0.05, 0) is 122 Å². The molecule has 0 fully saturated rings. The molecule has 0 aromatic heterocycles. The molecule has 67 heavy (non-hydrogen) atoms. The molecule has 0 aliphatic heterocycles. The second kappa shape index (κ2) is 54.2. The highest BCUT2D eigenvalue weighted by atomic mass is 16.6. The molecule has 1 unspecified atom stereocenters. The summed E-state index contributed by atoms with van der Waals surface area (Å²) >= 11 is 0. The lowest BCUT2D eigenvalue weighted by Gasteiger charge is -2.18. The number of unbranched alkanes of at least 4 members (excludes halogenated alkanes) is 13. The average Bonchev–Trinajstić information content (AvgIpc) is 3.33. The van der Waals surface area contributed by atoms with E-state index in [1.807, 2.05) is 0 Å². The van der Waals surface area contributed by atoms with E-state index in [9.17, 15) is 14.4 Å². The first-order chi connectivity index (χ1) is 33.0. The van der Waals surface area contributed by atoms with E-state index >= 15 is 0 Å². The van der Waals surface area contributed by atoms with E-state index in [1.165, 1.54) is 51.4 Å². The first-order valence-electron chi connectivity index (χ1n) is 26.7. The lowest BCUT2D eigenvalue weighted by Crippen LogP contribution is -2.30. The van der Waals surface area contributed by atoms with Gasteiger partial charge >= 0.3 is 17.9 Å². The zero-order valence-corrected chi connectivity index (χ0v) is 42.9. The summed E-state index contributed by atoms with van der Waals surface area (Å²) in [6.07, 6.45) is 75.9. The second-order valence-corrected chi connectivity index (χ2v) is 17.0. The highest BCUT2D eigenvalue weighted by molar-refractivity contribution is 5.71. The minimum atomic E-state index is -0.839. The van der Waals surface area contributed by atoms with Crippen LogP contribution < -0.4 is 0 Å². The van der Waals surface area contributed by atoms with Crippen LogP contribution >= 0.6 is 0 Å². The lowest BCUT2D eigenvalue weighted by atomic mass is 10.1. The summed E-state index contributed by atoms with van der Waals surface area (Å²) in [7, 11) is 0. The summed E-state index contributed by atoms with van der Waals surface area (Å²) in [5.74, 6) is -1.06. The van der Waals surface area contributed by atoms with E-state index in [0.29, 0.717) is 19.3 Å². The Morgan fingerprint density at radius 3 is 0.985 bits per heavy atom. The summed E-state index contributed by atoms with van der Waals surface area (Å²) in [5.41, 5.74) is 0. The normalized spacial score (nSPS) is 13.2. The van der Waals surface area contributed by atoms with Crippen LogP contribution in [0.2, 0.25) is 0 Å². The number of carbonyl (C=O) groups is 3. The van der Waals surface area contributed by atoms with Gasteiger partial charge in [0.1, 0.15) is 13.2 Å². The summed E-state index contributed by atoms with van der Waals surface area (Å²) in [6, 6.07) is 0. The Labute approximate surface area is 411 Å². The van der Waals surface area contributed by atoms with E-state index in [4.69, 9.17) is 14.2 Å². The van der Waals surface area contributed by atoms with Crippen LogP contribution in [-0.4, -0.2) is 37.2 Å². The van der Waals surface area contributed by atoms with Gasteiger partial charge in [0, 0.05) is 19.3 Å². The van der Waals surface area contributed by atoms with E-state index in [-0.39, 0.29) is 44.0 Å². The van der Waals surface area contributed by atoms with E-state index in [1.54, 1.807) is 0 Å². The minimum Gasteiger partial charge on any atom is -0.462 e. The van der Waals surface area contributed by atoms with Crippen molar-refractivity contribution in [1.29, 1.82) is 0 Å². The first kappa shape index (κ1) is 62.5. The van der Waals surface area contributed by atoms with Gasteiger partial charge in [-0.25, -0.2) is 0 Å². The monoisotopic (exact) mass is 925 g/mol. The Kier molecular flexibility index (Phi) is 50.6. The minimum absolute atomic E-state index is 0.127. The molecule has 0 saturated heterocycles. The molecule has 1 atom stereocenters. The van der Waals surface area contributed by atoms with Crippen molar-refractivity contribution in [3.8, 4) is 0 Å². The Balaban J connectivity index is 4.61. The lowest BCUT2D eigenvalue weighted by molar-refractivity contribution is -0.167. The van der Waals surface area contributed by atoms with Gasteiger partial charge < -0.3 is 14.2 Å². The maximum Gasteiger partial charge on any atom is 0.306 e. The van der Waals surface area contributed by atoms with E-state index in [2.05, 4.69) is 154 Å². The molecule has 0 aliphatic carbocycles. The number of allylic oxidation sites excluding steroid dienone is 22. The average molecular weight is 925 g/mol. The molecule has 0 heterocycles. The zero-order chi connectivity index (χ0) is 48.6. The Bertz CT molecular complexity index is 1480. The zero-order valence-electron chi connectivity index (χ0n) is 42.9. The fraction of sp³-hybridized carbons (Fsp3) is 0.590. The molecule has 0 aromatic rings. The topological polar surface area (TPSA) is 78.9 Å². The molecule has 0 bridgehead atoms. The van der Waals surface area contributed by atoms with Crippen molar-refractivity contribution < 1.29 is 28.6 Å². The quantitative estimate of drug-likeness (QED) is 0.0262. The van der Waals surface area contributed by atoms with Crippen LogP contribution in [0.15, 0.2) is 134 Å². The molecular formula is C61H96O6. The van der Waals surface area contributed by atoms with Gasteiger partial charge in [0.05, 0.1) is 0 Å². The van der Waals surface area contributed by atoms with Gasteiger partial charge in [-0.1, -0.05) is 206 Å². The number of rotatable bonds is 46. The van der Waals surface area contributed by atoms with Crippen LogP contribution in [0.4, 0.5) is 0 Å². The SMILES string of the molecule is CC/C=C\C/C=C\C/C=C\C/C=C\C/C=C\CCCC(=O)OCC(COC(=O)CCCCCCC/C=C\CCCCCCCC)OC(=O)CCC/C=C\C/C=C\C/C=C\C/C=C\C/C=C\CC. The van der Waals surface area contributed by atoms with Crippen molar-refractivity contribution >= 4 is 17.9 Å². The van der Waals surface area contributed by atoms with Crippen molar-refractivity contribution in [3.05, 3.63) is 134 Å². The number of esters is 3. The third kappa shape index (κ3) is 52.4. The first-order valence-corrected chi connectivity index (χ1v) is 26.7. The standard InChI is InChI=1S/C61H96O6/c1-4-7-10-13-16-19-22-25-28-30-33-36-39-42-45-48-51-54-60(63)66-57-58(56-65-59(62)53-50-47-44-41-38-35-32-27-24-21-18-15-12-9-6-3)67-61(64)55-52-49-46-43-40-37-34-31-29-26-23-20-17-14-11-8-5-2/h7-8,10-11,16-17,19-20,25-29,32-34,36-37,42-43,45-46,58H,4-6,9,12-15,18,21-24,30-31,35,38-41,44,47-57H2,1-3H3/b10-7-,11-8-,19-16-,20-17-,28-25-,29-26-,32-27-,36-33-,37-34-,45-42-,46-43-. The third-order valence-electron chi connectivity index (χ3n) is 10.6. The molecule has 6 nitrogen and oxygen atoms in total. The maximum atomic E-state index is 12.8. The van der Waals surface area contributed by atoms with Gasteiger partial charge in [0.25, 0.3) is 0 Å². The molecule has 0 N–H and O–H groups in total. The smallest absolute Gasteiger partial charge is 0.306 e. The molecule has 0 aromatic carbocycles. The number of hydrogen-bond donors (Lipinski definition) is 0. The van der Waals surface area contributed by atoms with Crippen molar-refractivity contribution in [1.82, 2.24) is 0 Å². The summed E-state index contributed by atoms with van der Waals surface area (Å²) in [5, 5.41) is 0. The Hall–Kier alpha value is -4.45. The summed E-state index contributed by atoms with van der Waals surface area (Å²) in [6.45, 7) is 6.28. The third-order valence-corrected chi connectivity index (χ3v) is 10.6. The molecule has 376 valence electrons. The fourth-order valence-electron chi connectivity index (χ4n) is 6.68. The Morgan fingerprint density at radius 1 is 0.313 bits per heavy atom. The van der Waals surface area contributed by atoms with Crippen LogP contribution in [-0.2, 0) is 28.6 Å². The van der Waals surface area contributed by atoms with Crippen LogP contribution in [0.25, 0.3) is 0 Å². The van der Waals surface area contributed by atoms with Crippen LogP contribution in [0.1, 0.15) is 213 Å². The van der Waals surface area contributed by atoms with Crippen molar-refractivity contribution in [2.75, 3.05) is 13.2 Å². The van der Waals surface area contributed by atoms with Crippen LogP contribution in [0.5, 0.6) is 0 Å². The molecule has 6 heteroatoms. The Morgan fingerprint density at radius 2 is 0.597 bits per heavy atom. The van der Waals surface area contributed by atoms with Crippen molar-refractivity contribution in [2.24, 2.45) is 0 Å². The van der Waals surface area contributed by atoms with Gasteiger partial charge in [-0.2, -0.15) is 0 Å². The molecule has 0 rings (SSSR count). The fourth-order valence-corrected chi connectivity index (χ4v) is 6.68. The van der Waals surface area contributed by atoms with Gasteiger partial charge in [0.15, 0.2) is 6.10 Å².